The van der Waals surface area contributed by atoms with Crippen molar-refractivity contribution in [3.63, 3.8) is 0 Å². The van der Waals surface area contributed by atoms with Gasteiger partial charge in [0.2, 0.25) is 5.89 Å². The average Bonchev–Trinajstić information content (AvgIpc) is 2.78. The second-order valence-electron chi connectivity index (χ2n) is 3.02. The second-order valence-corrected chi connectivity index (χ2v) is 3.02. The highest BCUT2D eigenvalue weighted by atomic mass is 16.5. The normalized spacial score (nSPS) is 10.3. The zero-order valence-corrected chi connectivity index (χ0v) is 8.30. The zero-order chi connectivity index (χ0) is 10.7. The summed E-state index contributed by atoms with van der Waals surface area (Å²) in [5.41, 5.74) is 0.857. The number of rotatable bonds is 3. The maximum absolute atomic E-state index is 8.83. The minimum absolute atomic E-state index is 0.136. The van der Waals surface area contributed by atoms with Crippen LogP contribution in [-0.4, -0.2) is 17.2 Å². The quantitative estimate of drug-likeness (QED) is 0.830. The zero-order valence-electron chi connectivity index (χ0n) is 8.30. The molecule has 0 aliphatic heterocycles. The molecule has 78 valence electrons. The molecule has 0 aliphatic rings. The van der Waals surface area contributed by atoms with Gasteiger partial charge in [-0.15, -0.1) is 0 Å². The second kappa shape index (κ2) is 4.14. The number of ether oxygens (including phenoxy) is 1. The molecule has 15 heavy (non-hydrogen) atoms. The lowest BCUT2D eigenvalue weighted by atomic mass is 10.2. The van der Waals surface area contributed by atoms with Gasteiger partial charge in [-0.25, -0.2) is 4.98 Å². The number of nitrogens with zero attached hydrogens (tertiary/aromatic N) is 1. The molecule has 4 heteroatoms. The van der Waals surface area contributed by atoms with Crippen LogP contribution < -0.4 is 4.74 Å². The van der Waals surface area contributed by atoms with Crippen molar-refractivity contribution in [1.29, 1.82) is 0 Å². The molecule has 0 saturated carbocycles. The van der Waals surface area contributed by atoms with Crippen molar-refractivity contribution < 1.29 is 14.3 Å². The van der Waals surface area contributed by atoms with Gasteiger partial charge in [0.1, 0.15) is 18.1 Å². The van der Waals surface area contributed by atoms with E-state index < -0.39 is 0 Å². The molecule has 0 radical (unpaired) electrons. The van der Waals surface area contributed by atoms with Crippen molar-refractivity contribution in [3.05, 3.63) is 36.2 Å². The fraction of sp³-hybridized carbons (Fsp3) is 0.182. The van der Waals surface area contributed by atoms with E-state index in [0.717, 1.165) is 11.3 Å². The summed E-state index contributed by atoms with van der Waals surface area (Å²) >= 11 is 0. The summed E-state index contributed by atoms with van der Waals surface area (Å²) in [5, 5.41) is 8.83. The number of benzene rings is 1. The molecule has 0 aliphatic carbocycles. The van der Waals surface area contributed by atoms with E-state index in [-0.39, 0.29) is 6.61 Å². The number of hydrogen-bond donors (Lipinski definition) is 1. The largest absolute Gasteiger partial charge is 0.497 e. The fourth-order valence-electron chi connectivity index (χ4n) is 1.25. The van der Waals surface area contributed by atoms with Crippen LogP contribution in [0.25, 0.3) is 11.5 Å². The van der Waals surface area contributed by atoms with Crippen LogP contribution in [-0.2, 0) is 6.61 Å². The molecule has 1 aromatic heterocycles. The molecule has 0 spiro atoms. The summed E-state index contributed by atoms with van der Waals surface area (Å²) in [6, 6.07) is 7.37. The summed E-state index contributed by atoms with van der Waals surface area (Å²) in [5.74, 6) is 1.75. The molecule has 0 atom stereocenters. The van der Waals surface area contributed by atoms with E-state index in [1.165, 1.54) is 6.20 Å². The molecule has 0 saturated heterocycles. The Balaban J connectivity index is 2.28. The highest BCUT2D eigenvalue weighted by Gasteiger charge is 2.05. The van der Waals surface area contributed by atoms with Crippen LogP contribution >= 0.6 is 0 Å². The predicted molar refractivity (Wildman–Crippen MR) is 54.4 cm³/mol. The monoisotopic (exact) mass is 205 g/mol. The van der Waals surface area contributed by atoms with Gasteiger partial charge < -0.3 is 14.3 Å². The van der Waals surface area contributed by atoms with E-state index in [4.69, 9.17) is 14.3 Å². The molecule has 0 unspecified atom stereocenters. The molecule has 0 fully saturated rings. The number of oxazole rings is 1. The number of aliphatic hydroxyl groups excluding tert-OH is 1. The van der Waals surface area contributed by atoms with E-state index in [0.29, 0.717) is 11.7 Å². The first-order valence-corrected chi connectivity index (χ1v) is 4.53. The van der Waals surface area contributed by atoms with Gasteiger partial charge in [-0.3, -0.25) is 0 Å². The Morgan fingerprint density at radius 2 is 2.07 bits per heavy atom. The highest BCUT2D eigenvalue weighted by molar-refractivity contribution is 5.54. The molecule has 1 aromatic carbocycles. The van der Waals surface area contributed by atoms with Crippen molar-refractivity contribution in [2.24, 2.45) is 0 Å². The summed E-state index contributed by atoms with van der Waals surface area (Å²) < 4.78 is 10.3. The lowest BCUT2D eigenvalue weighted by Gasteiger charge is -1.99. The smallest absolute Gasteiger partial charge is 0.226 e. The van der Waals surface area contributed by atoms with Gasteiger partial charge in [0.05, 0.1) is 13.3 Å². The highest BCUT2D eigenvalue weighted by Crippen LogP contribution is 2.21. The fourth-order valence-corrected chi connectivity index (χ4v) is 1.25. The molecule has 4 nitrogen and oxygen atoms in total. The number of hydrogen-bond acceptors (Lipinski definition) is 4. The van der Waals surface area contributed by atoms with Crippen molar-refractivity contribution in [1.82, 2.24) is 4.98 Å². The van der Waals surface area contributed by atoms with Crippen LogP contribution in [0.5, 0.6) is 5.75 Å². The summed E-state index contributed by atoms with van der Waals surface area (Å²) in [7, 11) is 1.62. The first-order valence-electron chi connectivity index (χ1n) is 4.53. The SMILES string of the molecule is COc1ccc(-c2ncc(CO)o2)cc1. The van der Waals surface area contributed by atoms with E-state index in [1.54, 1.807) is 7.11 Å². The van der Waals surface area contributed by atoms with E-state index in [1.807, 2.05) is 24.3 Å². The van der Waals surface area contributed by atoms with E-state index in [2.05, 4.69) is 4.98 Å². The van der Waals surface area contributed by atoms with Gasteiger partial charge in [0, 0.05) is 5.56 Å². The third-order valence-corrected chi connectivity index (χ3v) is 2.05. The summed E-state index contributed by atoms with van der Waals surface area (Å²) in [4.78, 5) is 4.05. The Morgan fingerprint density at radius 3 is 2.60 bits per heavy atom. The average molecular weight is 205 g/mol. The Bertz CT molecular complexity index is 433. The van der Waals surface area contributed by atoms with Gasteiger partial charge in [-0.1, -0.05) is 0 Å². The topological polar surface area (TPSA) is 55.5 Å². The van der Waals surface area contributed by atoms with Crippen LogP contribution in [0.2, 0.25) is 0 Å². The lowest BCUT2D eigenvalue weighted by Crippen LogP contribution is -1.82. The first kappa shape index (κ1) is 9.73. The van der Waals surface area contributed by atoms with Crippen LogP contribution in [0.3, 0.4) is 0 Å². The van der Waals surface area contributed by atoms with Crippen molar-refractivity contribution >= 4 is 0 Å². The van der Waals surface area contributed by atoms with E-state index >= 15 is 0 Å². The van der Waals surface area contributed by atoms with Gasteiger partial charge >= 0.3 is 0 Å². The molecule has 1 N–H and O–H groups in total. The third kappa shape index (κ3) is 1.99. The Labute approximate surface area is 87.1 Å². The number of aliphatic hydroxyl groups is 1. The lowest BCUT2D eigenvalue weighted by molar-refractivity contribution is 0.248. The molecule has 2 aromatic rings. The number of aromatic nitrogens is 1. The first-order chi connectivity index (χ1) is 7.33. The maximum Gasteiger partial charge on any atom is 0.226 e. The Morgan fingerprint density at radius 1 is 1.33 bits per heavy atom. The molecule has 0 bridgehead atoms. The minimum atomic E-state index is -0.136. The minimum Gasteiger partial charge on any atom is -0.497 e. The van der Waals surface area contributed by atoms with Crippen molar-refractivity contribution in [3.8, 4) is 17.2 Å². The third-order valence-electron chi connectivity index (χ3n) is 2.05. The van der Waals surface area contributed by atoms with Gasteiger partial charge in [0.15, 0.2) is 0 Å². The molecule has 1 heterocycles. The molecule has 2 rings (SSSR count). The molecular weight excluding hydrogens is 194 g/mol. The van der Waals surface area contributed by atoms with Crippen LogP contribution in [0, 0.1) is 0 Å². The Kier molecular flexibility index (Phi) is 2.69. The van der Waals surface area contributed by atoms with Gasteiger partial charge in [0.25, 0.3) is 0 Å². The predicted octanol–water partition coefficient (Wildman–Crippen LogP) is 1.84. The van der Waals surface area contributed by atoms with Crippen LogP contribution in [0.1, 0.15) is 5.76 Å². The van der Waals surface area contributed by atoms with Crippen molar-refractivity contribution in [2.45, 2.75) is 6.61 Å². The van der Waals surface area contributed by atoms with Gasteiger partial charge in [-0.2, -0.15) is 0 Å². The standard InChI is InChI=1S/C11H11NO3/c1-14-9-4-2-8(3-5-9)11-12-6-10(7-13)15-11/h2-6,13H,7H2,1H3. The van der Waals surface area contributed by atoms with Crippen LogP contribution in [0.15, 0.2) is 34.9 Å². The molecular formula is C11H11NO3. The van der Waals surface area contributed by atoms with Crippen molar-refractivity contribution in [2.75, 3.05) is 7.11 Å². The van der Waals surface area contributed by atoms with Gasteiger partial charge in [-0.05, 0) is 24.3 Å². The number of methoxy groups -OCH3 is 1. The Hall–Kier alpha value is -1.81. The maximum atomic E-state index is 8.83. The molecule has 0 amide bonds. The summed E-state index contributed by atoms with van der Waals surface area (Å²) in [6.07, 6.45) is 1.51. The van der Waals surface area contributed by atoms with Crippen LogP contribution in [0.4, 0.5) is 0 Å². The van der Waals surface area contributed by atoms with E-state index in [9.17, 15) is 0 Å². The summed E-state index contributed by atoms with van der Waals surface area (Å²) in [6.45, 7) is -0.136.